The Bertz CT molecular complexity index is 922. The zero-order valence-corrected chi connectivity index (χ0v) is 19.0. The van der Waals surface area contributed by atoms with E-state index in [0.717, 1.165) is 18.2 Å². The van der Waals surface area contributed by atoms with Crippen LogP contribution in [0.4, 0.5) is 32.0 Å². The minimum atomic E-state index is -5.23. The molecule has 198 valence electrons. The van der Waals surface area contributed by atoms with Gasteiger partial charge >= 0.3 is 30.3 Å². The van der Waals surface area contributed by atoms with Crippen molar-refractivity contribution in [2.24, 2.45) is 0 Å². The number of carbonyl (C=O) groups excluding carboxylic acids is 3. The zero-order chi connectivity index (χ0) is 27.6. The highest BCUT2D eigenvalue weighted by molar-refractivity contribution is 5.82. The van der Waals surface area contributed by atoms with E-state index in [0.29, 0.717) is 12.1 Å². The Morgan fingerprint density at radius 3 is 1.42 bits per heavy atom. The number of quaternary nitrogens is 1. The number of ether oxygens (including phenoxy) is 3. The summed E-state index contributed by atoms with van der Waals surface area (Å²) in [4.78, 5) is 34.5. The van der Waals surface area contributed by atoms with Crippen LogP contribution in [-0.4, -0.2) is 57.4 Å². The molecule has 0 aliphatic rings. The fraction of sp³-hybridized carbons (Fsp3) is 0.348. The second-order valence-corrected chi connectivity index (χ2v) is 7.16. The van der Waals surface area contributed by atoms with Crippen LogP contribution >= 0.6 is 0 Å². The monoisotopic (exact) mass is 524 g/mol. The van der Waals surface area contributed by atoms with Crippen molar-refractivity contribution in [1.82, 2.24) is 4.48 Å². The number of nitrogens with zero attached hydrogens (tertiary/aromatic N) is 1. The summed E-state index contributed by atoms with van der Waals surface area (Å²) in [6.45, 7) is 6.89. The quantitative estimate of drug-likeness (QED) is 0.126. The average molecular weight is 524 g/mol. The third kappa shape index (κ3) is 8.87. The van der Waals surface area contributed by atoms with Crippen molar-refractivity contribution in [3.05, 3.63) is 67.3 Å². The van der Waals surface area contributed by atoms with Gasteiger partial charge in [0.1, 0.15) is 50.7 Å². The van der Waals surface area contributed by atoms with Gasteiger partial charge in [-0.3, -0.25) is 4.48 Å². The molecule has 0 atom stereocenters. The number of halogens is 6. The topological polar surface area (TPSA) is 78.9 Å². The number of benzene rings is 1. The molecule has 0 bridgehead atoms. The number of carbonyl (C=O) groups is 3. The van der Waals surface area contributed by atoms with E-state index in [-0.39, 0.29) is 6.07 Å². The van der Waals surface area contributed by atoms with E-state index in [9.17, 15) is 40.7 Å². The number of alkyl halides is 6. The predicted molar refractivity (Wildman–Crippen MR) is 116 cm³/mol. The van der Waals surface area contributed by atoms with Crippen molar-refractivity contribution in [3.8, 4) is 0 Å². The summed E-state index contributed by atoms with van der Waals surface area (Å²) >= 11 is 0. The van der Waals surface area contributed by atoms with Crippen LogP contribution in [0.15, 0.2) is 56.2 Å². The van der Waals surface area contributed by atoms with Crippen molar-refractivity contribution >= 4 is 23.6 Å². The van der Waals surface area contributed by atoms with Crippen LogP contribution < -0.4 is 4.48 Å². The molecule has 1 rings (SSSR count). The predicted octanol–water partition coefficient (Wildman–Crippen LogP) is 4.22. The molecular weight excluding hydrogens is 500 g/mol. The standard InChI is InChI=1S/C23H24F6NO6/c1-4-19(31)34-12-9-30(10-13-35-20(32)5-2,11-14-36-21(33)6-3)18-8-7-16(22(24,25)26)15-17(18)23(27,28)29/h4-8,15H,1-3,9-14H2/q+1. The molecule has 0 aromatic heterocycles. The van der Waals surface area contributed by atoms with E-state index in [1.807, 2.05) is 0 Å². The minimum absolute atomic E-state index is 0.0381. The minimum Gasteiger partial charge on any atom is -0.457 e. The molecular formula is C23H24F6NO6+. The highest BCUT2D eigenvalue weighted by Gasteiger charge is 2.45. The van der Waals surface area contributed by atoms with Crippen LogP contribution in [0.1, 0.15) is 11.1 Å². The van der Waals surface area contributed by atoms with Gasteiger partial charge in [-0.1, -0.05) is 19.7 Å². The SMILES string of the molecule is C=CC(=O)OCC[N+](CCOC(=O)C=C)(CCOC(=O)C=C)c1ccc(C(F)(F)F)cc1C(F)(F)F. The van der Waals surface area contributed by atoms with Gasteiger partial charge in [0, 0.05) is 24.3 Å². The largest absolute Gasteiger partial charge is 0.457 e. The molecule has 0 fully saturated rings. The Morgan fingerprint density at radius 1 is 0.722 bits per heavy atom. The second-order valence-electron chi connectivity index (χ2n) is 7.16. The summed E-state index contributed by atoms with van der Waals surface area (Å²) in [6, 6.07) is 1.08. The van der Waals surface area contributed by atoms with Gasteiger partial charge in [-0.25, -0.2) is 14.4 Å². The van der Waals surface area contributed by atoms with Gasteiger partial charge in [0.2, 0.25) is 0 Å². The van der Waals surface area contributed by atoms with E-state index < -0.39 is 91.0 Å². The maximum atomic E-state index is 14.0. The first-order valence-corrected chi connectivity index (χ1v) is 10.2. The molecule has 0 unspecified atom stereocenters. The summed E-state index contributed by atoms with van der Waals surface area (Å²) < 4.78 is 95.4. The first-order valence-electron chi connectivity index (χ1n) is 10.2. The Kier molecular flexibility index (Phi) is 10.9. The number of rotatable bonds is 13. The summed E-state index contributed by atoms with van der Waals surface area (Å²) in [7, 11) is 0. The first-order chi connectivity index (χ1) is 16.7. The molecule has 1 aromatic carbocycles. The normalized spacial score (nSPS) is 11.8. The lowest BCUT2D eigenvalue weighted by Gasteiger charge is -2.39. The highest BCUT2D eigenvalue weighted by Crippen LogP contribution is 2.42. The van der Waals surface area contributed by atoms with E-state index in [2.05, 4.69) is 19.7 Å². The molecule has 0 aliphatic heterocycles. The Balaban J connectivity index is 3.67. The van der Waals surface area contributed by atoms with Crippen molar-refractivity contribution in [2.75, 3.05) is 39.5 Å². The number of hydrogen-bond donors (Lipinski definition) is 0. The molecule has 36 heavy (non-hydrogen) atoms. The molecule has 0 saturated heterocycles. The van der Waals surface area contributed by atoms with Crippen molar-refractivity contribution in [2.45, 2.75) is 12.4 Å². The molecule has 0 radical (unpaired) electrons. The molecule has 0 amide bonds. The number of hydrogen-bond acceptors (Lipinski definition) is 6. The zero-order valence-electron chi connectivity index (χ0n) is 19.0. The van der Waals surface area contributed by atoms with Crippen LogP contribution in [-0.2, 0) is 40.9 Å². The Morgan fingerprint density at radius 2 is 1.11 bits per heavy atom. The molecule has 0 spiro atoms. The number of esters is 3. The summed E-state index contributed by atoms with van der Waals surface area (Å²) in [5.74, 6) is -2.69. The van der Waals surface area contributed by atoms with Crippen molar-refractivity contribution in [1.29, 1.82) is 0 Å². The highest BCUT2D eigenvalue weighted by atomic mass is 19.4. The van der Waals surface area contributed by atoms with Gasteiger partial charge in [-0.15, -0.1) is 0 Å². The smallest absolute Gasteiger partial charge is 0.422 e. The molecule has 13 heteroatoms. The molecule has 0 saturated carbocycles. The summed E-state index contributed by atoms with van der Waals surface area (Å²) in [5.41, 5.74) is -3.79. The third-order valence-electron chi connectivity index (χ3n) is 4.93. The van der Waals surface area contributed by atoms with Gasteiger partial charge in [-0.2, -0.15) is 26.3 Å². The van der Waals surface area contributed by atoms with Gasteiger partial charge in [0.15, 0.2) is 0 Å². The lowest BCUT2D eigenvalue weighted by atomic mass is 10.0. The summed E-state index contributed by atoms with van der Waals surface area (Å²) in [6.07, 6.45) is -7.86. The third-order valence-corrected chi connectivity index (χ3v) is 4.93. The average Bonchev–Trinajstić information content (AvgIpc) is 2.81. The lowest BCUT2D eigenvalue weighted by Crippen LogP contribution is -2.56. The first kappa shape index (κ1) is 30.4. The molecule has 0 N–H and O–H groups in total. The van der Waals surface area contributed by atoms with Gasteiger partial charge in [-0.05, 0) is 12.1 Å². The van der Waals surface area contributed by atoms with Gasteiger partial charge in [0.05, 0.1) is 5.56 Å². The maximum absolute atomic E-state index is 14.0. The van der Waals surface area contributed by atoms with Crippen LogP contribution in [0.25, 0.3) is 0 Å². The van der Waals surface area contributed by atoms with Crippen LogP contribution in [0.5, 0.6) is 0 Å². The van der Waals surface area contributed by atoms with Crippen molar-refractivity contribution in [3.63, 3.8) is 0 Å². The molecule has 0 heterocycles. The van der Waals surface area contributed by atoms with Gasteiger partial charge in [0.25, 0.3) is 0 Å². The van der Waals surface area contributed by atoms with Gasteiger partial charge < -0.3 is 14.2 Å². The van der Waals surface area contributed by atoms with E-state index in [1.165, 1.54) is 0 Å². The van der Waals surface area contributed by atoms with Crippen LogP contribution in [0.3, 0.4) is 0 Å². The van der Waals surface area contributed by atoms with Crippen LogP contribution in [0, 0.1) is 0 Å². The van der Waals surface area contributed by atoms with E-state index >= 15 is 0 Å². The fourth-order valence-electron chi connectivity index (χ4n) is 3.19. The van der Waals surface area contributed by atoms with Crippen molar-refractivity contribution < 1.29 is 54.9 Å². The maximum Gasteiger partial charge on any atom is 0.422 e. The van der Waals surface area contributed by atoms with E-state index in [1.54, 1.807) is 0 Å². The fourth-order valence-corrected chi connectivity index (χ4v) is 3.19. The second kappa shape index (κ2) is 12.9. The molecule has 7 nitrogen and oxygen atoms in total. The summed E-state index contributed by atoms with van der Waals surface area (Å²) in [5, 5.41) is 0. The Labute approximate surface area is 202 Å². The molecule has 0 aliphatic carbocycles. The molecule has 1 aromatic rings. The van der Waals surface area contributed by atoms with E-state index in [4.69, 9.17) is 14.2 Å². The lowest BCUT2D eigenvalue weighted by molar-refractivity contribution is -0.145. The van der Waals surface area contributed by atoms with Crippen LogP contribution in [0.2, 0.25) is 0 Å². The Hall–Kier alpha value is -3.61.